The van der Waals surface area contributed by atoms with Crippen molar-refractivity contribution in [2.24, 2.45) is 0 Å². The summed E-state index contributed by atoms with van der Waals surface area (Å²) in [6.07, 6.45) is 3.34. The molecule has 9 nitrogen and oxygen atoms in total. The second kappa shape index (κ2) is 7.10. The normalized spacial score (nSPS) is 24.9. The van der Waals surface area contributed by atoms with Crippen molar-refractivity contribution < 1.29 is 22.4 Å². The molecule has 4 rings (SSSR count). The number of aromatic nitrogens is 2. The molecule has 0 spiro atoms. The van der Waals surface area contributed by atoms with Crippen molar-refractivity contribution in [1.29, 1.82) is 0 Å². The van der Waals surface area contributed by atoms with Gasteiger partial charge < -0.3 is 19.0 Å². The zero-order valence-corrected chi connectivity index (χ0v) is 15.8. The molecule has 2 aliphatic rings. The Bertz CT molecular complexity index is 908. The van der Waals surface area contributed by atoms with Crippen LogP contribution in [0.2, 0.25) is 0 Å². The number of nitrogens with zero attached hydrogens (tertiary/aromatic N) is 3. The molecule has 4 heterocycles. The van der Waals surface area contributed by atoms with Gasteiger partial charge in [-0.3, -0.25) is 9.69 Å². The molecule has 146 valence electrons. The molecule has 2 unspecified atom stereocenters. The summed E-state index contributed by atoms with van der Waals surface area (Å²) in [5, 5.41) is 0. The maximum atomic E-state index is 13.0. The van der Waals surface area contributed by atoms with E-state index in [9.17, 15) is 13.2 Å². The fourth-order valence-corrected chi connectivity index (χ4v) is 5.93. The van der Waals surface area contributed by atoms with Gasteiger partial charge in [0.1, 0.15) is 12.4 Å². The first-order valence-electron chi connectivity index (χ1n) is 8.77. The molecule has 2 aromatic rings. The van der Waals surface area contributed by atoms with E-state index in [1.165, 1.54) is 0 Å². The Morgan fingerprint density at radius 3 is 2.89 bits per heavy atom. The number of imidazole rings is 1. The number of carbonyl (C=O) groups is 1. The van der Waals surface area contributed by atoms with Crippen LogP contribution in [0, 0.1) is 0 Å². The number of fused-ring (bicyclic) bond motifs is 1. The lowest BCUT2D eigenvalue weighted by Gasteiger charge is -2.43. The van der Waals surface area contributed by atoms with Crippen molar-refractivity contribution in [2.45, 2.75) is 25.2 Å². The van der Waals surface area contributed by atoms with E-state index in [2.05, 4.69) is 14.9 Å². The van der Waals surface area contributed by atoms with E-state index < -0.39 is 9.84 Å². The number of sulfone groups is 1. The summed E-state index contributed by atoms with van der Waals surface area (Å²) in [6, 6.07) is 2.71. The van der Waals surface area contributed by atoms with Crippen LogP contribution in [0.5, 0.6) is 0 Å². The van der Waals surface area contributed by atoms with Crippen LogP contribution >= 0.6 is 0 Å². The van der Waals surface area contributed by atoms with Crippen LogP contribution in [0.25, 0.3) is 0 Å². The standard InChI is InChI=1S/C17H22N4O5S/c1-25-8-13-2-3-16(26-13)17(22)21-5-4-20(7-12-6-18-11-19-12)14-9-27(23,24)10-15(14)21/h2-3,6,11,14-15H,4-5,7-10H2,1H3,(H,18,19). The predicted molar refractivity (Wildman–Crippen MR) is 95.7 cm³/mol. The second-order valence-electron chi connectivity index (χ2n) is 6.96. The van der Waals surface area contributed by atoms with Crippen molar-refractivity contribution in [3.8, 4) is 0 Å². The van der Waals surface area contributed by atoms with Crippen LogP contribution < -0.4 is 0 Å². The first-order chi connectivity index (χ1) is 13.0. The van der Waals surface area contributed by atoms with E-state index in [0.717, 1.165) is 5.69 Å². The Morgan fingerprint density at radius 1 is 1.33 bits per heavy atom. The lowest BCUT2D eigenvalue weighted by molar-refractivity contribution is 0.0275. The number of amides is 1. The van der Waals surface area contributed by atoms with Crippen LogP contribution in [0.1, 0.15) is 22.0 Å². The minimum Gasteiger partial charge on any atom is -0.453 e. The lowest BCUT2D eigenvalue weighted by atomic mass is 10.0. The summed E-state index contributed by atoms with van der Waals surface area (Å²) < 4.78 is 35.2. The maximum absolute atomic E-state index is 13.0. The zero-order chi connectivity index (χ0) is 19.0. The summed E-state index contributed by atoms with van der Waals surface area (Å²) in [6.45, 7) is 1.90. The molecule has 0 saturated carbocycles. The van der Waals surface area contributed by atoms with Crippen molar-refractivity contribution in [2.75, 3.05) is 31.7 Å². The predicted octanol–water partition coefficient (Wildman–Crippen LogP) is 0.273. The smallest absolute Gasteiger partial charge is 0.289 e. The first kappa shape index (κ1) is 18.2. The number of carbonyl (C=O) groups excluding carboxylic acids is 1. The second-order valence-corrected chi connectivity index (χ2v) is 9.11. The number of methoxy groups -OCH3 is 1. The van der Waals surface area contributed by atoms with Gasteiger partial charge in [0.15, 0.2) is 15.6 Å². The number of furan rings is 1. The number of ether oxygens (including phenoxy) is 1. The molecule has 2 aromatic heterocycles. The molecule has 2 saturated heterocycles. The highest BCUT2D eigenvalue weighted by atomic mass is 32.2. The highest BCUT2D eigenvalue weighted by Crippen LogP contribution is 2.29. The summed E-state index contributed by atoms with van der Waals surface area (Å²) >= 11 is 0. The van der Waals surface area contributed by atoms with Gasteiger partial charge in [-0.1, -0.05) is 0 Å². The fraction of sp³-hybridized carbons (Fsp3) is 0.529. The van der Waals surface area contributed by atoms with Crippen LogP contribution in [-0.2, 0) is 27.7 Å². The Balaban J connectivity index is 1.55. The van der Waals surface area contributed by atoms with E-state index in [1.807, 2.05) is 0 Å². The zero-order valence-electron chi connectivity index (χ0n) is 15.0. The SMILES string of the molecule is COCc1ccc(C(=O)N2CCN(Cc3cnc[nH]3)C3CS(=O)(=O)CC32)o1. The Morgan fingerprint density at radius 2 is 2.15 bits per heavy atom. The summed E-state index contributed by atoms with van der Waals surface area (Å²) in [7, 11) is -1.65. The van der Waals surface area contributed by atoms with Crippen LogP contribution in [-0.4, -0.2) is 77.9 Å². The fourth-order valence-electron chi connectivity index (χ4n) is 3.92. The molecule has 27 heavy (non-hydrogen) atoms. The van der Waals surface area contributed by atoms with E-state index in [0.29, 0.717) is 25.4 Å². The van der Waals surface area contributed by atoms with E-state index in [4.69, 9.17) is 9.15 Å². The lowest BCUT2D eigenvalue weighted by Crippen LogP contribution is -2.60. The van der Waals surface area contributed by atoms with Gasteiger partial charge in [0.25, 0.3) is 5.91 Å². The third kappa shape index (κ3) is 3.64. The molecule has 1 N–H and O–H groups in total. The van der Waals surface area contributed by atoms with Gasteiger partial charge in [-0.2, -0.15) is 0 Å². The number of rotatable bonds is 5. The van der Waals surface area contributed by atoms with Crippen LogP contribution in [0.4, 0.5) is 0 Å². The van der Waals surface area contributed by atoms with Gasteiger partial charge in [0.2, 0.25) is 0 Å². The third-order valence-electron chi connectivity index (χ3n) is 5.14. The largest absolute Gasteiger partial charge is 0.453 e. The summed E-state index contributed by atoms with van der Waals surface area (Å²) in [4.78, 5) is 23.8. The van der Waals surface area contributed by atoms with E-state index in [-0.39, 0.29) is 41.9 Å². The number of H-pyrrole nitrogens is 1. The van der Waals surface area contributed by atoms with E-state index in [1.54, 1.807) is 36.7 Å². The number of aromatic amines is 1. The van der Waals surface area contributed by atoms with Crippen LogP contribution in [0.15, 0.2) is 29.1 Å². The Hall–Kier alpha value is -2.17. The maximum Gasteiger partial charge on any atom is 0.289 e. The first-order valence-corrected chi connectivity index (χ1v) is 10.6. The molecule has 2 aliphatic heterocycles. The third-order valence-corrected chi connectivity index (χ3v) is 6.84. The van der Waals surface area contributed by atoms with Gasteiger partial charge in [-0.15, -0.1) is 0 Å². The Kier molecular flexibility index (Phi) is 4.79. The number of nitrogens with one attached hydrogen (secondary N) is 1. The average molecular weight is 394 g/mol. The van der Waals surface area contributed by atoms with Gasteiger partial charge in [0, 0.05) is 44.7 Å². The van der Waals surface area contributed by atoms with E-state index >= 15 is 0 Å². The molecular formula is C17H22N4O5S. The number of hydrogen-bond acceptors (Lipinski definition) is 7. The van der Waals surface area contributed by atoms with Gasteiger partial charge in [0.05, 0.1) is 23.9 Å². The molecule has 2 atom stereocenters. The molecule has 0 aliphatic carbocycles. The molecule has 0 radical (unpaired) electrons. The highest BCUT2D eigenvalue weighted by Gasteiger charge is 2.48. The molecule has 10 heteroatoms. The van der Waals surface area contributed by atoms with Crippen molar-refractivity contribution in [1.82, 2.24) is 19.8 Å². The number of hydrogen-bond donors (Lipinski definition) is 1. The average Bonchev–Trinajstić information content (AvgIpc) is 3.34. The van der Waals surface area contributed by atoms with Crippen molar-refractivity contribution in [3.63, 3.8) is 0 Å². The minimum absolute atomic E-state index is 0.0193. The van der Waals surface area contributed by atoms with Crippen molar-refractivity contribution in [3.05, 3.63) is 41.9 Å². The highest BCUT2D eigenvalue weighted by molar-refractivity contribution is 7.91. The molecule has 0 bridgehead atoms. The monoisotopic (exact) mass is 394 g/mol. The summed E-state index contributed by atoms with van der Waals surface area (Å²) in [5.74, 6) is 0.545. The molecule has 0 aromatic carbocycles. The molecule has 2 fully saturated rings. The number of piperazine rings is 1. The van der Waals surface area contributed by atoms with Crippen molar-refractivity contribution >= 4 is 15.7 Å². The molecule has 1 amide bonds. The topological polar surface area (TPSA) is 109 Å². The van der Waals surface area contributed by atoms with Gasteiger partial charge >= 0.3 is 0 Å². The minimum atomic E-state index is -3.20. The van der Waals surface area contributed by atoms with Crippen LogP contribution in [0.3, 0.4) is 0 Å². The van der Waals surface area contributed by atoms with Gasteiger partial charge in [-0.25, -0.2) is 13.4 Å². The molecular weight excluding hydrogens is 372 g/mol. The summed E-state index contributed by atoms with van der Waals surface area (Å²) in [5.41, 5.74) is 0.924. The van der Waals surface area contributed by atoms with Gasteiger partial charge in [-0.05, 0) is 12.1 Å². The quantitative estimate of drug-likeness (QED) is 0.775. The Labute approximate surface area is 157 Å².